The van der Waals surface area contributed by atoms with Gasteiger partial charge in [-0.05, 0) is 37.5 Å². The first-order chi connectivity index (χ1) is 14.9. The van der Waals surface area contributed by atoms with Crippen LogP contribution in [-0.4, -0.2) is 41.5 Å². The number of amides is 1. The number of nitrogens with one attached hydrogen (secondary N) is 1. The summed E-state index contributed by atoms with van der Waals surface area (Å²) in [5.41, 5.74) is 2.99. The van der Waals surface area contributed by atoms with Crippen LogP contribution in [0.5, 0.6) is 0 Å². The Morgan fingerprint density at radius 3 is 2.55 bits per heavy atom. The molecular formula is C23H26N4O3S. The molecule has 0 unspecified atom stereocenters. The number of anilines is 1. The number of carbonyl (C=O) groups excluding carboxylic acids is 1. The van der Waals surface area contributed by atoms with Crippen LogP contribution >= 0.6 is 0 Å². The molecule has 0 atom stereocenters. The van der Waals surface area contributed by atoms with Crippen LogP contribution in [0.25, 0.3) is 0 Å². The van der Waals surface area contributed by atoms with Crippen molar-refractivity contribution < 1.29 is 13.2 Å². The monoisotopic (exact) mass is 438 g/mol. The first kappa shape index (κ1) is 21.3. The van der Waals surface area contributed by atoms with E-state index in [9.17, 15) is 13.2 Å². The van der Waals surface area contributed by atoms with Crippen LogP contribution in [0.1, 0.15) is 24.0 Å². The number of carbonyl (C=O) groups is 1. The minimum atomic E-state index is -3.51. The molecule has 0 saturated carbocycles. The molecule has 1 saturated heterocycles. The highest BCUT2D eigenvalue weighted by molar-refractivity contribution is 7.89. The van der Waals surface area contributed by atoms with Crippen molar-refractivity contribution in [2.24, 2.45) is 5.92 Å². The van der Waals surface area contributed by atoms with Crippen molar-refractivity contribution in [3.63, 3.8) is 0 Å². The van der Waals surface area contributed by atoms with E-state index in [0.717, 1.165) is 5.56 Å². The van der Waals surface area contributed by atoms with Crippen molar-refractivity contribution in [2.75, 3.05) is 18.4 Å². The lowest BCUT2D eigenvalue weighted by atomic mass is 9.97. The molecule has 1 amide bonds. The van der Waals surface area contributed by atoms with Crippen LogP contribution in [0.4, 0.5) is 5.69 Å². The average molecular weight is 439 g/mol. The van der Waals surface area contributed by atoms with Gasteiger partial charge in [0.2, 0.25) is 15.9 Å². The molecule has 1 aliphatic rings. The van der Waals surface area contributed by atoms with Gasteiger partial charge in [0.05, 0.1) is 23.3 Å². The smallest absolute Gasteiger partial charge is 0.243 e. The zero-order chi connectivity index (χ0) is 21.8. The van der Waals surface area contributed by atoms with Crippen molar-refractivity contribution in [1.29, 1.82) is 0 Å². The molecule has 2 heterocycles. The van der Waals surface area contributed by atoms with E-state index in [2.05, 4.69) is 29.5 Å². The lowest BCUT2D eigenvalue weighted by Crippen LogP contribution is -2.41. The van der Waals surface area contributed by atoms with E-state index in [1.807, 2.05) is 18.3 Å². The molecule has 162 valence electrons. The molecule has 1 aromatic heterocycles. The summed E-state index contributed by atoms with van der Waals surface area (Å²) in [5, 5.41) is 7.26. The number of benzene rings is 2. The van der Waals surface area contributed by atoms with Crippen LogP contribution < -0.4 is 5.32 Å². The summed E-state index contributed by atoms with van der Waals surface area (Å²) in [7, 11) is -3.51. The molecule has 1 aliphatic heterocycles. The van der Waals surface area contributed by atoms with E-state index in [4.69, 9.17) is 0 Å². The Morgan fingerprint density at radius 1 is 1.10 bits per heavy atom. The van der Waals surface area contributed by atoms with E-state index in [1.54, 1.807) is 41.2 Å². The average Bonchev–Trinajstić information content (AvgIpc) is 3.21. The minimum Gasteiger partial charge on any atom is -0.323 e. The summed E-state index contributed by atoms with van der Waals surface area (Å²) in [6.07, 6.45) is 4.45. The van der Waals surface area contributed by atoms with Crippen molar-refractivity contribution in [3.8, 4) is 0 Å². The van der Waals surface area contributed by atoms with Crippen LogP contribution in [0, 0.1) is 12.8 Å². The van der Waals surface area contributed by atoms with Gasteiger partial charge in [0.15, 0.2) is 0 Å². The van der Waals surface area contributed by atoms with Crippen LogP contribution in [0.2, 0.25) is 0 Å². The maximum absolute atomic E-state index is 12.7. The second-order valence-electron chi connectivity index (χ2n) is 7.90. The van der Waals surface area contributed by atoms with E-state index in [1.165, 1.54) is 9.87 Å². The van der Waals surface area contributed by atoms with Crippen LogP contribution in [0.15, 0.2) is 71.9 Å². The second kappa shape index (κ2) is 9.03. The minimum absolute atomic E-state index is 0.0909. The Bertz CT molecular complexity index is 1150. The SMILES string of the molecule is Cc1cccc(Cn2cc(NC(=O)C3CCN(S(=O)(=O)c4ccccc4)CC3)cn2)c1. The fourth-order valence-electron chi connectivity index (χ4n) is 3.86. The quantitative estimate of drug-likeness (QED) is 0.640. The third-order valence-corrected chi connectivity index (χ3v) is 7.45. The van der Waals surface area contributed by atoms with Gasteiger partial charge >= 0.3 is 0 Å². The summed E-state index contributed by atoms with van der Waals surface area (Å²) < 4.78 is 28.7. The van der Waals surface area contributed by atoms with Gasteiger partial charge in [0.25, 0.3) is 0 Å². The number of aromatic nitrogens is 2. The molecule has 0 spiro atoms. The number of rotatable bonds is 6. The van der Waals surface area contributed by atoms with Crippen molar-refractivity contribution in [1.82, 2.24) is 14.1 Å². The fraction of sp³-hybridized carbons (Fsp3) is 0.304. The highest BCUT2D eigenvalue weighted by Gasteiger charge is 2.32. The van der Waals surface area contributed by atoms with Crippen LogP contribution in [0.3, 0.4) is 0 Å². The Labute approximate surface area is 182 Å². The van der Waals surface area contributed by atoms with Crippen LogP contribution in [-0.2, 0) is 21.4 Å². The van der Waals surface area contributed by atoms with Gasteiger partial charge in [-0.15, -0.1) is 0 Å². The Hall–Kier alpha value is -2.97. The summed E-state index contributed by atoms with van der Waals surface area (Å²) in [6, 6.07) is 16.6. The predicted octanol–water partition coefficient (Wildman–Crippen LogP) is 3.28. The molecule has 2 aromatic carbocycles. The second-order valence-corrected chi connectivity index (χ2v) is 9.83. The third-order valence-electron chi connectivity index (χ3n) is 5.53. The maximum atomic E-state index is 12.7. The highest BCUT2D eigenvalue weighted by atomic mass is 32.2. The zero-order valence-electron chi connectivity index (χ0n) is 17.4. The zero-order valence-corrected chi connectivity index (χ0v) is 18.3. The molecule has 7 nitrogen and oxygen atoms in total. The summed E-state index contributed by atoms with van der Waals surface area (Å²) in [4.78, 5) is 13.0. The van der Waals surface area contributed by atoms with Gasteiger partial charge in [0.1, 0.15) is 0 Å². The van der Waals surface area contributed by atoms with Gasteiger partial charge in [-0.25, -0.2) is 8.42 Å². The lowest BCUT2D eigenvalue weighted by Gasteiger charge is -2.30. The molecule has 0 aliphatic carbocycles. The molecule has 1 fully saturated rings. The Kier molecular flexibility index (Phi) is 6.20. The molecule has 0 bridgehead atoms. The molecule has 0 radical (unpaired) electrons. The molecule has 4 rings (SSSR count). The predicted molar refractivity (Wildman–Crippen MR) is 119 cm³/mol. The molecule has 8 heteroatoms. The Morgan fingerprint density at radius 2 is 1.84 bits per heavy atom. The topological polar surface area (TPSA) is 84.3 Å². The van der Waals surface area contributed by atoms with E-state index in [-0.39, 0.29) is 11.8 Å². The van der Waals surface area contributed by atoms with Gasteiger partial charge in [-0.2, -0.15) is 9.40 Å². The number of aryl methyl sites for hydroxylation is 1. The van der Waals surface area contributed by atoms with Gasteiger partial charge < -0.3 is 5.32 Å². The van der Waals surface area contributed by atoms with Crippen molar-refractivity contribution in [2.45, 2.75) is 31.2 Å². The number of piperidine rings is 1. The summed E-state index contributed by atoms with van der Waals surface area (Å²) in [6.45, 7) is 3.35. The number of nitrogens with zero attached hydrogens (tertiary/aromatic N) is 3. The van der Waals surface area contributed by atoms with Gasteiger partial charge in [-0.1, -0.05) is 48.0 Å². The highest BCUT2D eigenvalue weighted by Crippen LogP contribution is 2.24. The van der Waals surface area contributed by atoms with Gasteiger partial charge in [-0.3, -0.25) is 9.48 Å². The van der Waals surface area contributed by atoms with E-state index >= 15 is 0 Å². The van der Waals surface area contributed by atoms with E-state index < -0.39 is 10.0 Å². The fourth-order valence-corrected chi connectivity index (χ4v) is 5.35. The van der Waals surface area contributed by atoms with Crippen molar-refractivity contribution in [3.05, 3.63) is 78.1 Å². The number of hydrogen-bond acceptors (Lipinski definition) is 4. The third kappa shape index (κ3) is 5.03. The van der Waals surface area contributed by atoms with E-state index in [0.29, 0.717) is 43.1 Å². The largest absolute Gasteiger partial charge is 0.323 e. The van der Waals surface area contributed by atoms with Gasteiger partial charge in [0, 0.05) is 25.2 Å². The molecule has 3 aromatic rings. The molecular weight excluding hydrogens is 412 g/mol. The van der Waals surface area contributed by atoms with Crippen molar-refractivity contribution >= 4 is 21.6 Å². The maximum Gasteiger partial charge on any atom is 0.243 e. The summed E-state index contributed by atoms with van der Waals surface area (Å²) >= 11 is 0. The standard InChI is InChI=1S/C23H26N4O3S/c1-18-6-5-7-19(14-18)16-26-17-21(15-24-26)25-23(28)20-10-12-27(13-11-20)31(29,30)22-8-3-2-4-9-22/h2-9,14-15,17,20H,10-13,16H2,1H3,(H,25,28). The first-order valence-corrected chi connectivity index (χ1v) is 11.8. The molecule has 1 N–H and O–H groups in total. The normalized spacial score (nSPS) is 15.6. The molecule has 31 heavy (non-hydrogen) atoms. The lowest BCUT2D eigenvalue weighted by molar-refractivity contribution is -0.120. The first-order valence-electron chi connectivity index (χ1n) is 10.4. The summed E-state index contributed by atoms with van der Waals surface area (Å²) in [5.74, 6) is -0.311. The number of hydrogen-bond donors (Lipinski definition) is 1. The Balaban J connectivity index is 1.32. The number of sulfonamides is 1.